The Labute approximate surface area is 125 Å². The summed E-state index contributed by atoms with van der Waals surface area (Å²) < 4.78 is 5.74. The van der Waals surface area contributed by atoms with Crippen LogP contribution in [0.5, 0.6) is 5.75 Å². The van der Waals surface area contributed by atoms with E-state index in [1.165, 1.54) is 5.56 Å². The molecule has 1 aromatic rings. The highest BCUT2D eigenvalue weighted by molar-refractivity contribution is 5.83. The molecule has 116 valence electrons. The lowest BCUT2D eigenvalue weighted by molar-refractivity contribution is -0.142. The summed E-state index contributed by atoms with van der Waals surface area (Å²) in [6.07, 6.45) is 2.19. The van der Waals surface area contributed by atoms with Crippen molar-refractivity contribution in [3.05, 3.63) is 29.8 Å². The van der Waals surface area contributed by atoms with Crippen molar-refractivity contribution in [2.75, 3.05) is 26.2 Å². The molecule has 2 rings (SSSR count). The van der Waals surface area contributed by atoms with Crippen LogP contribution >= 0.6 is 0 Å². The molecule has 5 nitrogen and oxygen atoms in total. The van der Waals surface area contributed by atoms with Gasteiger partial charge in [-0.3, -0.25) is 9.69 Å². The van der Waals surface area contributed by atoms with Crippen LogP contribution in [0, 0.1) is 0 Å². The van der Waals surface area contributed by atoms with Gasteiger partial charge in [-0.15, -0.1) is 0 Å². The number of piperidine rings is 1. The zero-order valence-electron chi connectivity index (χ0n) is 12.5. The summed E-state index contributed by atoms with van der Waals surface area (Å²) in [4.78, 5) is 13.3. The van der Waals surface area contributed by atoms with Crippen LogP contribution in [0.4, 0.5) is 0 Å². The molecule has 1 fully saturated rings. The number of hydrogen-bond donors (Lipinski definition) is 2. The molecule has 0 aromatic heterocycles. The van der Waals surface area contributed by atoms with E-state index in [0.29, 0.717) is 26.1 Å². The minimum Gasteiger partial charge on any atom is -0.492 e. The Morgan fingerprint density at radius 1 is 1.52 bits per heavy atom. The Balaban J connectivity index is 1.81. The fourth-order valence-electron chi connectivity index (χ4n) is 2.66. The average Bonchev–Trinajstić information content (AvgIpc) is 2.47. The van der Waals surface area contributed by atoms with Gasteiger partial charge in [0.15, 0.2) is 5.60 Å². The molecule has 1 amide bonds. The van der Waals surface area contributed by atoms with Crippen LogP contribution in [0.1, 0.15) is 25.3 Å². The Morgan fingerprint density at radius 2 is 2.33 bits per heavy atom. The van der Waals surface area contributed by atoms with Crippen molar-refractivity contribution >= 4 is 5.91 Å². The lowest BCUT2D eigenvalue weighted by Crippen LogP contribution is -2.56. The maximum absolute atomic E-state index is 11.3. The zero-order valence-corrected chi connectivity index (χ0v) is 12.5. The number of primary amides is 1. The largest absolute Gasteiger partial charge is 0.492 e. The van der Waals surface area contributed by atoms with Crippen molar-refractivity contribution in [3.63, 3.8) is 0 Å². The second-order valence-electron chi connectivity index (χ2n) is 5.62. The second-order valence-corrected chi connectivity index (χ2v) is 5.62. The van der Waals surface area contributed by atoms with E-state index in [2.05, 4.69) is 13.0 Å². The van der Waals surface area contributed by atoms with E-state index in [1.54, 1.807) is 0 Å². The van der Waals surface area contributed by atoms with Crippen molar-refractivity contribution < 1.29 is 14.6 Å². The highest BCUT2D eigenvalue weighted by Gasteiger charge is 2.38. The highest BCUT2D eigenvalue weighted by atomic mass is 16.5. The SMILES string of the molecule is CCc1cccc(OCCN2CCC[C@](O)(C(N)=O)C2)c1. The molecule has 5 heteroatoms. The number of carbonyl (C=O) groups excluding carboxylic acids is 1. The summed E-state index contributed by atoms with van der Waals surface area (Å²) >= 11 is 0. The Morgan fingerprint density at radius 3 is 3.05 bits per heavy atom. The van der Waals surface area contributed by atoms with Gasteiger partial charge >= 0.3 is 0 Å². The number of benzene rings is 1. The van der Waals surface area contributed by atoms with Gasteiger partial charge in [0.2, 0.25) is 0 Å². The molecule has 1 atom stereocenters. The van der Waals surface area contributed by atoms with E-state index < -0.39 is 11.5 Å². The first kappa shape index (κ1) is 15.8. The fraction of sp³-hybridized carbons (Fsp3) is 0.562. The quantitative estimate of drug-likeness (QED) is 0.818. The minimum absolute atomic E-state index is 0.292. The molecule has 1 aliphatic rings. The first-order valence-electron chi connectivity index (χ1n) is 7.50. The molecule has 0 saturated carbocycles. The molecular weight excluding hydrogens is 268 g/mol. The monoisotopic (exact) mass is 292 g/mol. The highest BCUT2D eigenvalue weighted by Crippen LogP contribution is 2.20. The molecule has 1 aliphatic heterocycles. The van der Waals surface area contributed by atoms with Gasteiger partial charge in [0, 0.05) is 13.1 Å². The predicted octanol–water partition coefficient (Wildman–Crippen LogP) is 0.940. The van der Waals surface area contributed by atoms with Gasteiger partial charge in [-0.25, -0.2) is 0 Å². The number of nitrogens with two attached hydrogens (primary N) is 1. The van der Waals surface area contributed by atoms with Crippen LogP contribution in [-0.2, 0) is 11.2 Å². The molecule has 1 aromatic carbocycles. The van der Waals surface area contributed by atoms with Crippen LogP contribution < -0.4 is 10.5 Å². The van der Waals surface area contributed by atoms with Gasteiger partial charge in [0.05, 0.1) is 0 Å². The van der Waals surface area contributed by atoms with Crippen molar-refractivity contribution in [2.24, 2.45) is 5.73 Å². The first-order chi connectivity index (χ1) is 10.0. The number of likely N-dealkylation sites (tertiary alicyclic amines) is 1. The number of ether oxygens (including phenoxy) is 1. The lowest BCUT2D eigenvalue weighted by atomic mass is 9.92. The van der Waals surface area contributed by atoms with E-state index in [9.17, 15) is 9.90 Å². The maximum atomic E-state index is 11.3. The van der Waals surface area contributed by atoms with Gasteiger partial charge < -0.3 is 15.6 Å². The zero-order chi connectivity index (χ0) is 15.3. The number of amides is 1. The standard InChI is InChI=1S/C16H24N2O3/c1-2-13-5-3-6-14(11-13)21-10-9-18-8-4-7-16(20,12-18)15(17)19/h3,5-6,11,20H,2,4,7-10,12H2,1H3,(H2,17,19)/t16-/m1/s1. The van der Waals surface area contributed by atoms with Gasteiger partial charge in [0.1, 0.15) is 12.4 Å². The number of aryl methyl sites for hydroxylation is 1. The molecule has 0 radical (unpaired) electrons. The molecule has 1 heterocycles. The third kappa shape index (κ3) is 4.19. The number of β-amino-alcohol motifs (C(OH)–C–C–N with tert-alkyl or cyclic N) is 1. The van der Waals surface area contributed by atoms with Crippen molar-refractivity contribution in [1.29, 1.82) is 0 Å². The third-order valence-corrected chi connectivity index (χ3v) is 3.99. The molecule has 3 N–H and O–H groups in total. The number of carbonyl (C=O) groups is 1. The molecule has 0 unspecified atom stereocenters. The van der Waals surface area contributed by atoms with E-state index in [4.69, 9.17) is 10.5 Å². The molecular formula is C16H24N2O3. The Hall–Kier alpha value is -1.59. The fourth-order valence-corrected chi connectivity index (χ4v) is 2.66. The van der Waals surface area contributed by atoms with Gasteiger partial charge in [-0.1, -0.05) is 19.1 Å². The van der Waals surface area contributed by atoms with Crippen LogP contribution in [0.2, 0.25) is 0 Å². The summed E-state index contributed by atoms with van der Waals surface area (Å²) in [6.45, 7) is 4.46. The van der Waals surface area contributed by atoms with Gasteiger partial charge in [0.25, 0.3) is 5.91 Å². The van der Waals surface area contributed by atoms with Crippen LogP contribution in [0.25, 0.3) is 0 Å². The van der Waals surface area contributed by atoms with Crippen molar-refractivity contribution in [2.45, 2.75) is 31.8 Å². The van der Waals surface area contributed by atoms with Crippen LogP contribution in [0.15, 0.2) is 24.3 Å². The second kappa shape index (κ2) is 6.91. The molecule has 1 saturated heterocycles. The number of nitrogens with zero attached hydrogens (tertiary/aromatic N) is 1. The van der Waals surface area contributed by atoms with E-state index in [0.717, 1.165) is 25.1 Å². The normalized spacial score (nSPS) is 23.0. The average molecular weight is 292 g/mol. The first-order valence-corrected chi connectivity index (χ1v) is 7.50. The summed E-state index contributed by atoms with van der Waals surface area (Å²) in [5.74, 6) is 0.222. The van der Waals surface area contributed by atoms with E-state index in [1.807, 2.05) is 23.1 Å². The minimum atomic E-state index is -1.39. The topological polar surface area (TPSA) is 75.8 Å². The summed E-state index contributed by atoms with van der Waals surface area (Å²) in [6, 6.07) is 8.04. The smallest absolute Gasteiger partial charge is 0.250 e. The van der Waals surface area contributed by atoms with E-state index >= 15 is 0 Å². The van der Waals surface area contributed by atoms with E-state index in [-0.39, 0.29) is 0 Å². The third-order valence-electron chi connectivity index (χ3n) is 3.99. The number of hydrogen-bond acceptors (Lipinski definition) is 4. The Kier molecular flexibility index (Phi) is 5.20. The Bertz CT molecular complexity index is 492. The molecule has 21 heavy (non-hydrogen) atoms. The molecule has 0 spiro atoms. The lowest BCUT2D eigenvalue weighted by Gasteiger charge is -2.36. The van der Waals surface area contributed by atoms with Crippen LogP contribution in [0.3, 0.4) is 0 Å². The molecule has 0 aliphatic carbocycles. The summed E-state index contributed by atoms with van der Waals surface area (Å²) in [7, 11) is 0. The number of aliphatic hydroxyl groups is 1. The van der Waals surface area contributed by atoms with Crippen molar-refractivity contribution in [1.82, 2.24) is 4.90 Å². The maximum Gasteiger partial charge on any atom is 0.250 e. The molecule has 0 bridgehead atoms. The number of rotatable bonds is 6. The summed E-state index contributed by atoms with van der Waals surface area (Å²) in [5.41, 5.74) is 5.12. The van der Waals surface area contributed by atoms with Gasteiger partial charge in [-0.2, -0.15) is 0 Å². The summed E-state index contributed by atoms with van der Waals surface area (Å²) in [5, 5.41) is 10.1. The van der Waals surface area contributed by atoms with Crippen molar-refractivity contribution in [3.8, 4) is 5.75 Å². The van der Waals surface area contributed by atoms with Crippen LogP contribution in [-0.4, -0.2) is 47.8 Å². The predicted molar refractivity (Wildman–Crippen MR) is 81.1 cm³/mol. The van der Waals surface area contributed by atoms with Gasteiger partial charge in [-0.05, 0) is 43.5 Å².